The van der Waals surface area contributed by atoms with E-state index >= 15 is 0 Å². The van der Waals surface area contributed by atoms with Crippen LogP contribution in [0.2, 0.25) is 0 Å². The minimum Gasteiger partial charge on any atom is -0.357 e. The number of nitrogens with one attached hydrogen (secondary N) is 1. The molecule has 1 aromatic rings. The molecule has 4 bridgehead atoms. The van der Waals surface area contributed by atoms with E-state index < -0.39 is 0 Å². The first-order valence-electron chi connectivity index (χ1n) is 11.5. The summed E-state index contributed by atoms with van der Waals surface area (Å²) < 4.78 is 0. The predicted molar refractivity (Wildman–Crippen MR) is 112 cm³/mol. The number of nitrogens with zero attached hydrogens (tertiary/aromatic N) is 3. The highest BCUT2D eigenvalue weighted by Gasteiger charge is 2.53. The van der Waals surface area contributed by atoms with Gasteiger partial charge in [-0.2, -0.15) is 5.26 Å². The van der Waals surface area contributed by atoms with Gasteiger partial charge in [0.05, 0.1) is 5.56 Å². The molecule has 1 aromatic heterocycles. The Morgan fingerprint density at radius 1 is 1.17 bits per heavy atom. The van der Waals surface area contributed by atoms with E-state index in [-0.39, 0.29) is 11.8 Å². The summed E-state index contributed by atoms with van der Waals surface area (Å²) >= 11 is 0. The Labute approximate surface area is 173 Å². The number of hydrogen-bond donors (Lipinski definition) is 1. The summed E-state index contributed by atoms with van der Waals surface area (Å²) in [5, 5.41) is 12.4. The summed E-state index contributed by atoms with van der Waals surface area (Å²) in [4.78, 5) is 19.7. The molecular weight excluding hydrogens is 360 g/mol. The first-order valence-corrected chi connectivity index (χ1v) is 11.5. The molecule has 0 radical (unpaired) electrons. The van der Waals surface area contributed by atoms with Gasteiger partial charge in [-0.25, -0.2) is 4.98 Å². The van der Waals surface area contributed by atoms with E-state index in [4.69, 9.17) is 5.26 Å². The third kappa shape index (κ3) is 3.52. The summed E-state index contributed by atoms with van der Waals surface area (Å²) in [6.07, 6.45) is 11.7. The second-order valence-corrected chi connectivity index (χ2v) is 10.3. The summed E-state index contributed by atoms with van der Waals surface area (Å²) in [5.41, 5.74) is 0.957. The van der Waals surface area contributed by atoms with Crippen molar-refractivity contribution in [1.29, 1.82) is 5.26 Å². The molecule has 1 unspecified atom stereocenters. The maximum atomic E-state index is 13.0. The molecule has 1 saturated heterocycles. The lowest BCUT2D eigenvalue weighted by Gasteiger charge is -2.59. The van der Waals surface area contributed by atoms with Crippen LogP contribution >= 0.6 is 0 Å². The van der Waals surface area contributed by atoms with E-state index in [1.54, 1.807) is 6.20 Å². The van der Waals surface area contributed by atoms with Gasteiger partial charge in [-0.15, -0.1) is 0 Å². The van der Waals surface area contributed by atoms with Gasteiger partial charge >= 0.3 is 0 Å². The van der Waals surface area contributed by atoms with Crippen molar-refractivity contribution in [2.75, 3.05) is 18.0 Å². The molecule has 1 atom stereocenters. The number of carbonyl (C=O) groups excluding carboxylic acids is 1. The normalized spacial score (nSPS) is 34.6. The van der Waals surface area contributed by atoms with Gasteiger partial charge in [0, 0.05) is 31.2 Å². The summed E-state index contributed by atoms with van der Waals surface area (Å²) in [7, 11) is 0. The number of amides is 1. The third-order valence-corrected chi connectivity index (χ3v) is 8.43. The minimum atomic E-state index is 0.112. The van der Waals surface area contributed by atoms with Gasteiger partial charge in [-0.05, 0) is 93.6 Å². The van der Waals surface area contributed by atoms with Crippen LogP contribution in [-0.4, -0.2) is 30.0 Å². The third-order valence-electron chi connectivity index (χ3n) is 8.43. The van der Waals surface area contributed by atoms with Gasteiger partial charge in [0.2, 0.25) is 5.91 Å². The van der Waals surface area contributed by atoms with Crippen molar-refractivity contribution in [2.45, 2.75) is 64.3 Å². The Kier molecular flexibility index (Phi) is 4.76. The Morgan fingerprint density at radius 3 is 2.31 bits per heavy atom. The zero-order valence-corrected chi connectivity index (χ0v) is 17.4. The number of pyridine rings is 1. The van der Waals surface area contributed by atoms with Gasteiger partial charge < -0.3 is 10.2 Å². The Hall–Kier alpha value is -2.09. The molecule has 5 heteroatoms. The Bertz CT molecular complexity index is 768. The van der Waals surface area contributed by atoms with Crippen molar-refractivity contribution in [3.8, 4) is 6.07 Å². The van der Waals surface area contributed by atoms with Crippen LogP contribution in [0.25, 0.3) is 0 Å². The standard InChI is InChI=1S/C24H32N4O/c1-16(24-11-18-8-19(12-24)10-20(9-18)13-24)27-23(29)21-4-6-28(7-5-21)22-3-2-17(14-25)15-26-22/h2-3,15-16,18-21H,4-13H2,1H3,(H,27,29). The Morgan fingerprint density at radius 2 is 1.79 bits per heavy atom. The molecule has 2 heterocycles. The van der Waals surface area contributed by atoms with Crippen molar-refractivity contribution in [3.05, 3.63) is 23.9 Å². The second-order valence-electron chi connectivity index (χ2n) is 10.3. The van der Waals surface area contributed by atoms with E-state index in [2.05, 4.69) is 28.2 Å². The van der Waals surface area contributed by atoms with Crippen molar-refractivity contribution in [1.82, 2.24) is 10.3 Å². The monoisotopic (exact) mass is 392 g/mol. The average molecular weight is 393 g/mol. The van der Waals surface area contributed by atoms with Crippen LogP contribution in [0.15, 0.2) is 18.3 Å². The van der Waals surface area contributed by atoms with Crippen LogP contribution in [0.5, 0.6) is 0 Å². The molecule has 5 aliphatic rings. The SMILES string of the molecule is CC(NC(=O)C1CCN(c2ccc(C#N)cn2)CC1)C12CC3CC(CC(C3)C1)C2. The molecule has 1 N–H and O–H groups in total. The van der Waals surface area contributed by atoms with Crippen molar-refractivity contribution in [2.24, 2.45) is 29.1 Å². The highest BCUT2D eigenvalue weighted by molar-refractivity contribution is 5.79. The molecule has 1 amide bonds. The smallest absolute Gasteiger partial charge is 0.223 e. The lowest BCUT2D eigenvalue weighted by Crippen LogP contribution is -2.56. The first kappa shape index (κ1) is 18.9. The van der Waals surface area contributed by atoms with Crippen LogP contribution in [0.3, 0.4) is 0 Å². The van der Waals surface area contributed by atoms with Crippen molar-refractivity contribution >= 4 is 11.7 Å². The van der Waals surface area contributed by atoms with E-state index in [9.17, 15) is 4.79 Å². The van der Waals surface area contributed by atoms with Crippen molar-refractivity contribution in [3.63, 3.8) is 0 Å². The average Bonchev–Trinajstić information content (AvgIpc) is 2.73. The van der Waals surface area contributed by atoms with Gasteiger partial charge in [-0.3, -0.25) is 4.79 Å². The fourth-order valence-corrected chi connectivity index (χ4v) is 7.20. The molecule has 5 nitrogen and oxygen atoms in total. The van der Waals surface area contributed by atoms with Gasteiger partial charge in [0.1, 0.15) is 11.9 Å². The maximum Gasteiger partial charge on any atom is 0.223 e. The van der Waals surface area contributed by atoms with Gasteiger partial charge in [0.15, 0.2) is 0 Å². The fraction of sp³-hybridized carbons (Fsp3) is 0.708. The topological polar surface area (TPSA) is 69.0 Å². The number of carbonyl (C=O) groups is 1. The number of anilines is 1. The fourth-order valence-electron chi connectivity index (χ4n) is 7.20. The van der Waals surface area contributed by atoms with Crippen molar-refractivity contribution < 1.29 is 4.79 Å². The van der Waals surface area contributed by atoms with Gasteiger partial charge in [0.25, 0.3) is 0 Å². The lowest BCUT2D eigenvalue weighted by molar-refractivity contribution is -0.130. The number of aromatic nitrogens is 1. The Balaban J connectivity index is 1.16. The van der Waals surface area contributed by atoms with Crippen LogP contribution in [0, 0.1) is 40.4 Å². The summed E-state index contributed by atoms with van der Waals surface area (Å²) in [6, 6.07) is 6.14. The van der Waals surface area contributed by atoms with E-state index in [1.165, 1.54) is 38.5 Å². The molecule has 4 aliphatic carbocycles. The molecule has 6 rings (SSSR count). The highest BCUT2D eigenvalue weighted by atomic mass is 16.2. The number of nitriles is 1. The van der Waals surface area contributed by atoms with Crippen LogP contribution in [-0.2, 0) is 4.79 Å². The zero-order valence-electron chi connectivity index (χ0n) is 17.4. The van der Waals surface area contributed by atoms with E-state index in [1.807, 2.05) is 12.1 Å². The quantitative estimate of drug-likeness (QED) is 0.844. The molecule has 0 aromatic carbocycles. The molecule has 154 valence electrons. The first-order chi connectivity index (χ1) is 14.0. The van der Waals surface area contributed by atoms with Crippen LogP contribution < -0.4 is 10.2 Å². The zero-order chi connectivity index (χ0) is 20.0. The van der Waals surface area contributed by atoms with E-state index in [0.29, 0.717) is 17.0 Å². The number of hydrogen-bond acceptors (Lipinski definition) is 4. The van der Waals surface area contributed by atoms with Crippen LogP contribution in [0.4, 0.5) is 5.82 Å². The molecule has 1 aliphatic heterocycles. The summed E-state index contributed by atoms with van der Waals surface area (Å²) in [6.45, 7) is 3.98. The number of piperidine rings is 1. The molecule has 29 heavy (non-hydrogen) atoms. The predicted octanol–water partition coefficient (Wildman–Crippen LogP) is 3.89. The minimum absolute atomic E-state index is 0.112. The largest absolute Gasteiger partial charge is 0.357 e. The lowest BCUT2D eigenvalue weighted by atomic mass is 9.48. The molecular formula is C24H32N4O. The highest BCUT2D eigenvalue weighted by Crippen LogP contribution is 2.61. The molecule has 0 spiro atoms. The second kappa shape index (κ2) is 7.31. The molecule has 5 fully saturated rings. The van der Waals surface area contributed by atoms with Crippen LogP contribution in [0.1, 0.15) is 63.9 Å². The molecule has 4 saturated carbocycles. The van der Waals surface area contributed by atoms with E-state index in [0.717, 1.165) is 49.5 Å². The number of rotatable bonds is 4. The maximum absolute atomic E-state index is 13.0. The summed E-state index contributed by atoms with van der Waals surface area (Å²) in [5.74, 6) is 4.04. The van der Waals surface area contributed by atoms with Gasteiger partial charge in [-0.1, -0.05) is 0 Å².